The summed E-state index contributed by atoms with van der Waals surface area (Å²) in [6.45, 7) is 1.36. The van der Waals surface area contributed by atoms with Crippen molar-refractivity contribution in [2.75, 3.05) is 13.2 Å². The van der Waals surface area contributed by atoms with Gasteiger partial charge in [-0.1, -0.05) is 18.2 Å². The molecule has 0 spiro atoms. The lowest BCUT2D eigenvalue weighted by molar-refractivity contribution is 0.0697. The first-order valence-electron chi connectivity index (χ1n) is 10.9. The van der Waals surface area contributed by atoms with E-state index in [2.05, 4.69) is 10.4 Å². The van der Waals surface area contributed by atoms with Crippen LogP contribution < -0.4 is 5.32 Å². The molecular formula is C25H24F2N4O2. The van der Waals surface area contributed by atoms with E-state index in [0.717, 1.165) is 24.0 Å². The van der Waals surface area contributed by atoms with E-state index in [1.54, 1.807) is 46.9 Å². The number of amides is 1. The second kappa shape index (κ2) is 8.78. The molecule has 0 aliphatic carbocycles. The van der Waals surface area contributed by atoms with Crippen molar-refractivity contribution in [3.8, 4) is 11.1 Å². The molecule has 1 fully saturated rings. The van der Waals surface area contributed by atoms with Gasteiger partial charge in [0.05, 0.1) is 23.8 Å². The van der Waals surface area contributed by atoms with Crippen LogP contribution in [0.3, 0.4) is 0 Å². The van der Waals surface area contributed by atoms with E-state index in [1.807, 2.05) is 12.3 Å². The lowest BCUT2D eigenvalue weighted by Crippen LogP contribution is -2.38. The smallest absolute Gasteiger partial charge is 0.253 e. The van der Waals surface area contributed by atoms with Gasteiger partial charge in [0.15, 0.2) is 0 Å². The van der Waals surface area contributed by atoms with Crippen LogP contribution in [0.15, 0.2) is 55.0 Å². The second-order valence-electron chi connectivity index (χ2n) is 8.37. The van der Waals surface area contributed by atoms with Gasteiger partial charge in [-0.3, -0.25) is 9.48 Å². The molecule has 5 rings (SSSR count). The van der Waals surface area contributed by atoms with Gasteiger partial charge in [-0.25, -0.2) is 8.78 Å². The second-order valence-corrected chi connectivity index (χ2v) is 8.37. The third-order valence-corrected chi connectivity index (χ3v) is 6.09. The zero-order chi connectivity index (χ0) is 22.9. The van der Waals surface area contributed by atoms with Crippen molar-refractivity contribution in [3.63, 3.8) is 0 Å². The summed E-state index contributed by atoms with van der Waals surface area (Å²) in [4.78, 5) is 13.0. The number of hydrogen-bond acceptors (Lipinski definition) is 3. The van der Waals surface area contributed by atoms with Crippen LogP contribution in [-0.2, 0) is 18.3 Å². The number of aryl methyl sites for hydroxylation is 1. The van der Waals surface area contributed by atoms with E-state index in [-0.39, 0.29) is 35.3 Å². The van der Waals surface area contributed by atoms with Crippen LogP contribution in [0, 0.1) is 11.6 Å². The molecular weight excluding hydrogens is 426 g/mol. The van der Waals surface area contributed by atoms with E-state index in [1.165, 1.54) is 12.1 Å². The summed E-state index contributed by atoms with van der Waals surface area (Å²) >= 11 is 0. The Morgan fingerprint density at radius 3 is 2.67 bits per heavy atom. The predicted octanol–water partition coefficient (Wildman–Crippen LogP) is 4.28. The molecule has 1 N–H and O–H groups in total. The molecule has 33 heavy (non-hydrogen) atoms. The van der Waals surface area contributed by atoms with Crippen LogP contribution in [0.25, 0.3) is 22.0 Å². The van der Waals surface area contributed by atoms with Crippen molar-refractivity contribution in [1.82, 2.24) is 19.7 Å². The number of aromatic nitrogens is 3. The van der Waals surface area contributed by atoms with Crippen LogP contribution in [0.1, 0.15) is 28.8 Å². The highest BCUT2D eigenvalue weighted by molar-refractivity contribution is 6.07. The van der Waals surface area contributed by atoms with Crippen molar-refractivity contribution in [1.29, 1.82) is 0 Å². The molecule has 2 aromatic heterocycles. The maximum absolute atomic E-state index is 15.0. The van der Waals surface area contributed by atoms with E-state index < -0.39 is 5.82 Å². The molecule has 1 aliphatic heterocycles. The van der Waals surface area contributed by atoms with E-state index >= 15 is 0 Å². The van der Waals surface area contributed by atoms with Crippen molar-refractivity contribution < 1.29 is 18.3 Å². The number of carbonyl (C=O) groups excluding carboxylic acids is 1. The zero-order valence-electron chi connectivity index (χ0n) is 18.2. The zero-order valence-corrected chi connectivity index (χ0v) is 18.2. The van der Waals surface area contributed by atoms with Gasteiger partial charge in [0.25, 0.3) is 5.91 Å². The summed E-state index contributed by atoms with van der Waals surface area (Å²) in [5, 5.41) is 7.36. The summed E-state index contributed by atoms with van der Waals surface area (Å²) < 4.78 is 38.5. The summed E-state index contributed by atoms with van der Waals surface area (Å²) in [6, 6.07) is 9.68. The van der Waals surface area contributed by atoms with Gasteiger partial charge in [-0.05, 0) is 36.6 Å². The van der Waals surface area contributed by atoms with Crippen molar-refractivity contribution >= 4 is 16.8 Å². The first-order chi connectivity index (χ1) is 16.0. The molecule has 6 nitrogen and oxygen atoms in total. The fraction of sp³-hybridized carbons (Fsp3) is 0.280. The minimum atomic E-state index is -0.476. The Labute approximate surface area is 189 Å². The van der Waals surface area contributed by atoms with Gasteiger partial charge < -0.3 is 14.6 Å². The number of carbonyl (C=O) groups is 1. The Morgan fingerprint density at radius 1 is 1.12 bits per heavy atom. The number of rotatable bonds is 5. The molecule has 2 aromatic carbocycles. The Hall–Kier alpha value is -3.52. The van der Waals surface area contributed by atoms with E-state index in [4.69, 9.17) is 4.74 Å². The Morgan fingerprint density at radius 2 is 1.94 bits per heavy atom. The minimum Gasteiger partial charge on any atom is -0.381 e. The number of ether oxygens (including phenoxy) is 1. The maximum atomic E-state index is 15.0. The molecule has 0 atom stereocenters. The van der Waals surface area contributed by atoms with Gasteiger partial charge in [-0.2, -0.15) is 5.10 Å². The largest absolute Gasteiger partial charge is 0.381 e. The van der Waals surface area contributed by atoms with Gasteiger partial charge in [0, 0.05) is 55.2 Å². The molecule has 8 heteroatoms. The first-order valence-corrected chi connectivity index (χ1v) is 10.9. The third-order valence-electron chi connectivity index (χ3n) is 6.09. The summed E-state index contributed by atoms with van der Waals surface area (Å²) in [6.07, 6.45) is 6.56. The number of hydrogen-bond donors (Lipinski definition) is 1. The van der Waals surface area contributed by atoms with Gasteiger partial charge >= 0.3 is 0 Å². The van der Waals surface area contributed by atoms with E-state index in [9.17, 15) is 13.6 Å². The standard InChI is InChI=1S/C25H24F2N4O2/c1-30-13-18(12-28-30)16-5-6-17(22(27)11-16)14-31-15-20(24-21(26)3-2-4-23(24)31)25(32)29-19-7-9-33-10-8-19/h2-6,11-13,15,19H,7-10,14H2,1H3,(H,29,32). The monoisotopic (exact) mass is 450 g/mol. The van der Waals surface area contributed by atoms with Crippen LogP contribution in [-0.4, -0.2) is 39.5 Å². The third kappa shape index (κ3) is 4.26. The van der Waals surface area contributed by atoms with Crippen LogP contribution in [0.5, 0.6) is 0 Å². The van der Waals surface area contributed by atoms with Crippen LogP contribution in [0.2, 0.25) is 0 Å². The number of halogens is 2. The normalized spacial score (nSPS) is 14.6. The summed E-state index contributed by atoms with van der Waals surface area (Å²) in [5.41, 5.74) is 2.79. The lowest BCUT2D eigenvalue weighted by atomic mass is 10.1. The van der Waals surface area contributed by atoms with Gasteiger partial charge in [0.2, 0.25) is 0 Å². The maximum Gasteiger partial charge on any atom is 0.253 e. The predicted molar refractivity (Wildman–Crippen MR) is 121 cm³/mol. The highest BCUT2D eigenvalue weighted by atomic mass is 19.1. The number of nitrogens with one attached hydrogen (secondary N) is 1. The number of benzene rings is 2. The molecule has 4 aromatic rings. The Balaban J connectivity index is 1.46. The van der Waals surface area contributed by atoms with Gasteiger partial charge in [-0.15, -0.1) is 0 Å². The van der Waals surface area contributed by atoms with Crippen molar-refractivity contribution in [2.45, 2.75) is 25.4 Å². The van der Waals surface area contributed by atoms with Crippen LogP contribution >= 0.6 is 0 Å². The molecule has 0 bridgehead atoms. The van der Waals surface area contributed by atoms with Crippen molar-refractivity contribution in [2.24, 2.45) is 7.05 Å². The fourth-order valence-corrected chi connectivity index (χ4v) is 4.33. The average Bonchev–Trinajstić information content (AvgIpc) is 3.41. The topological polar surface area (TPSA) is 61.1 Å². The molecule has 1 aliphatic rings. The molecule has 0 saturated carbocycles. The summed E-state index contributed by atoms with van der Waals surface area (Å²) in [7, 11) is 1.81. The molecule has 170 valence electrons. The lowest BCUT2D eigenvalue weighted by Gasteiger charge is -2.22. The number of fused-ring (bicyclic) bond motifs is 1. The molecule has 1 amide bonds. The molecule has 0 unspecified atom stereocenters. The summed E-state index contributed by atoms with van der Waals surface area (Å²) in [5.74, 6) is -1.18. The number of nitrogens with zero attached hydrogens (tertiary/aromatic N) is 3. The van der Waals surface area contributed by atoms with E-state index in [0.29, 0.717) is 24.3 Å². The van der Waals surface area contributed by atoms with Crippen LogP contribution in [0.4, 0.5) is 8.78 Å². The molecule has 3 heterocycles. The Bertz CT molecular complexity index is 1320. The highest BCUT2D eigenvalue weighted by Crippen LogP contribution is 2.27. The average molecular weight is 450 g/mol. The first kappa shape index (κ1) is 21.3. The Kier molecular flexibility index (Phi) is 5.68. The molecule has 0 radical (unpaired) electrons. The fourth-order valence-electron chi connectivity index (χ4n) is 4.33. The highest BCUT2D eigenvalue weighted by Gasteiger charge is 2.22. The molecule has 1 saturated heterocycles. The quantitative estimate of drug-likeness (QED) is 0.494. The SMILES string of the molecule is Cn1cc(-c2ccc(Cn3cc(C(=O)NC4CCOCC4)c4c(F)cccc43)c(F)c2)cn1. The minimum absolute atomic E-state index is 0.00566. The van der Waals surface area contributed by atoms with Gasteiger partial charge in [0.1, 0.15) is 11.6 Å². The van der Waals surface area contributed by atoms with Crippen molar-refractivity contribution in [3.05, 3.63) is 77.8 Å².